The molecule has 3 fully saturated rings. The van der Waals surface area contributed by atoms with Crippen LogP contribution in [0, 0.1) is 34.0 Å². The topological polar surface area (TPSA) is 89.6 Å². The number of rotatable bonds is 3. The van der Waals surface area contributed by atoms with Crippen molar-refractivity contribution in [3.05, 3.63) is 12.7 Å². The van der Waals surface area contributed by atoms with Gasteiger partial charge in [0, 0.05) is 23.2 Å². The van der Waals surface area contributed by atoms with E-state index in [1.54, 1.807) is 6.08 Å². The van der Waals surface area contributed by atoms with Crippen LogP contribution in [0.25, 0.3) is 0 Å². The van der Waals surface area contributed by atoms with Gasteiger partial charge in [0.15, 0.2) is 0 Å². The number of aliphatic hydroxyl groups is 1. The van der Waals surface area contributed by atoms with E-state index < -0.39 is 29.0 Å². The summed E-state index contributed by atoms with van der Waals surface area (Å²) in [7, 11) is 0. The van der Waals surface area contributed by atoms with Gasteiger partial charge in [-0.2, -0.15) is 0 Å². The lowest BCUT2D eigenvalue weighted by Crippen LogP contribution is -2.63. The number of aliphatic hydroxyl groups excluding tert-OH is 1. The zero-order valence-electron chi connectivity index (χ0n) is 17.2. The Balaban J connectivity index is 2.21. The Morgan fingerprint density at radius 2 is 2.04 bits per heavy atom. The largest absolute Gasteiger partial charge is 0.461 e. The molecule has 152 valence electrons. The average Bonchev–Trinajstić information content (AvgIpc) is 3.00. The number of hydrogen-bond donors (Lipinski definition) is 2. The van der Waals surface area contributed by atoms with Gasteiger partial charge in [-0.25, -0.2) is 0 Å². The molecule has 3 saturated carbocycles. The van der Waals surface area contributed by atoms with E-state index in [9.17, 15) is 14.7 Å². The van der Waals surface area contributed by atoms with Crippen molar-refractivity contribution in [2.24, 2.45) is 39.7 Å². The highest BCUT2D eigenvalue weighted by atomic mass is 16.5. The minimum atomic E-state index is -0.638. The minimum absolute atomic E-state index is 0.0186. The van der Waals surface area contributed by atoms with E-state index >= 15 is 0 Å². The molecule has 3 aliphatic rings. The Hall–Kier alpha value is -1.20. The Morgan fingerprint density at radius 3 is 2.63 bits per heavy atom. The highest BCUT2D eigenvalue weighted by Crippen LogP contribution is 2.67. The normalized spacial score (nSPS) is 49.7. The molecule has 8 atom stereocenters. The molecule has 0 radical (unpaired) electrons. The SMILES string of the molecule is C=C[C@]1(C)C[C@@H](OC(=O)CN)[C@]2(C)[C@H](C)CC[C@]3(CCC(=O)[C@H]32)[C@@H](C)[C@@H]1O. The van der Waals surface area contributed by atoms with Crippen molar-refractivity contribution in [2.75, 3.05) is 6.54 Å². The van der Waals surface area contributed by atoms with Gasteiger partial charge in [0.25, 0.3) is 0 Å². The lowest BCUT2D eigenvalue weighted by atomic mass is 9.44. The number of esters is 1. The van der Waals surface area contributed by atoms with Crippen molar-refractivity contribution >= 4 is 11.8 Å². The second kappa shape index (κ2) is 6.70. The molecule has 27 heavy (non-hydrogen) atoms. The van der Waals surface area contributed by atoms with Crippen LogP contribution in [0.3, 0.4) is 0 Å². The average molecular weight is 378 g/mol. The van der Waals surface area contributed by atoms with E-state index in [1.165, 1.54) is 0 Å². The molecule has 0 aromatic carbocycles. The smallest absolute Gasteiger partial charge is 0.319 e. The molecule has 5 heteroatoms. The first-order chi connectivity index (χ1) is 12.6. The van der Waals surface area contributed by atoms with E-state index in [2.05, 4.69) is 27.4 Å². The molecule has 0 saturated heterocycles. The summed E-state index contributed by atoms with van der Waals surface area (Å²) in [5.74, 6) is -0.160. The van der Waals surface area contributed by atoms with Crippen molar-refractivity contribution in [1.82, 2.24) is 0 Å². The zero-order chi connectivity index (χ0) is 20.2. The molecule has 0 aliphatic heterocycles. The van der Waals surface area contributed by atoms with E-state index in [0.717, 1.165) is 19.3 Å². The Kier molecular flexibility index (Phi) is 5.09. The predicted octanol–water partition coefficient (Wildman–Crippen LogP) is 2.85. The molecular formula is C22H35NO4. The van der Waals surface area contributed by atoms with Crippen LogP contribution in [0.15, 0.2) is 12.7 Å². The molecule has 0 unspecified atom stereocenters. The second-order valence-corrected chi connectivity index (χ2v) is 9.77. The number of carbonyl (C=O) groups excluding carboxylic acids is 2. The minimum Gasteiger partial charge on any atom is -0.461 e. The molecule has 0 spiro atoms. The van der Waals surface area contributed by atoms with Crippen molar-refractivity contribution in [1.29, 1.82) is 0 Å². The standard InChI is InChI=1S/C22H35NO4/c1-6-20(4)11-16(27-17(25)12-23)21(5)13(2)7-9-22(14(3)19(20)26)10-8-15(24)18(21)22/h6,13-14,16,18-19,26H,1,7-12,23H2,2-5H3/t13-,14+,16-,18+,19+,20-,21+,22+/m1/s1. The van der Waals surface area contributed by atoms with Crippen LogP contribution in [0.1, 0.15) is 59.8 Å². The number of hydrogen-bond acceptors (Lipinski definition) is 5. The summed E-state index contributed by atoms with van der Waals surface area (Å²) in [5, 5.41) is 11.4. The molecular weight excluding hydrogens is 342 g/mol. The van der Waals surface area contributed by atoms with Crippen LogP contribution in [0.4, 0.5) is 0 Å². The highest BCUT2D eigenvalue weighted by molar-refractivity contribution is 5.85. The summed E-state index contributed by atoms with van der Waals surface area (Å²) in [6.45, 7) is 12.2. The molecule has 2 bridgehead atoms. The van der Waals surface area contributed by atoms with Gasteiger partial charge in [-0.1, -0.05) is 33.8 Å². The monoisotopic (exact) mass is 377 g/mol. The molecule has 0 heterocycles. The lowest BCUT2D eigenvalue weighted by Gasteiger charge is -2.61. The highest BCUT2D eigenvalue weighted by Gasteiger charge is 2.68. The number of Topliss-reactive ketones (excluding diaryl/α,β-unsaturated/α-hetero) is 1. The second-order valence-electron chi connectivity index (χ2n) is 9.77. The fourth-order valence-electron chi connectivity index (χ4n) is 6.71. The third-order valence-electron chi connectivity index (χ3n) is 8.74. The van der Waals surface area contributed by atoms with Crippen LogP contribution in [0.5, 0.6) is 0 Å². The number of carbonyl (C=O) groups is 2. The predicted molar refractivity (Wildman–Crippen MR) is 104 cm³/mol. The first kappa shape index (κ1) is 20.5. The van der Waals surface area contributed by atoms with E-state index in [1.807, 2.05) is 6.92 Å². The van der Waals surface area contributed by atoms with Gasteiger partial charge >= 0.3 is 5.97 Å². The molecule has 3 aliphatic carbocycles. The Bertz CT molecular complexity index is 648. The van der Waals surface area contributed by atoms with Crippen molar-refractivity contribution < 1.29 is 19.4 Å². The molecule has 0 amide bonds. The van der Waals surface area contributed by atoms with Gasteiger partial charge in [0.2, 0.25) is 0 Å². The van der Waals surface area contributed by atoms with Crippen LogP contribution in [-0.4, -0.2) is 35.6 Å². The fraction of sp³-hybridized carbons (Fsp3) is 0.818. The van der Waals surface area contributed by atoms with Crippen molar-refractivity contribution in [3.8, 4) is 0 Å². The maximum absolute atomic E-state index is 13.1. The molecule has 5 nitrogen and oxygen atoms in total. The molecule has 3 rings (SSSR count). The maximum atomic E-state index is 13.1. The quantitative estimate of drug-likeness (QED) is 0.583. The summed E-state index contributed by atoms with van der Waals surface area (Å²) >= 11 is 0. The third-order valence-corrected chi connectivity index (χ3v) is 8.74. The maximum Gasteiger partial charge on any atom is 0.319 e. The summed E-state index contributed by atoms with van der Waals surface area (Å²) < 4.78 is 5.89. The number of nitrogens with two attached hydrogens (primary N) is 1. The van der Waals surface area contributed by atoms with Gasteiger partial charge in [0.05, 0.1) is 12.6 Å². The lowest BCUT2D eigenvalue weighted by molar-refractivity contribution is -0.206. The first-order valence-corrected chi connectivity index (χ1v) is 10.3. The third kappa shape index (κ3) is 2.72. The zero-order valence-corrected chi connectivity index (χ0v) is 17.2. The Morgan fingerprint density at radius 1 is 1.37 bits per heavy atom. The fourth-order valence-corrected chi connectivity index (χ4v) is 6.71. The van der Waals surface area contributed by atoms with Crippen molar-refractivity contribution in [3.63, 3.8) is 0 Å². The summed E-state index contributed by atoms with van der Waals surface area (Å²) in [6, 6.07) is 0. The van der Waals surface area contributed by atoms with Gasteiger partial charge in [0.1, 0.15) is 11.9 Å². The van der Waals surface area contributed by atoms with Crippen LogP contribution in [0.2, 0.25) is 0 Å². The van der Waals surface area contributed by atoms with Gasteiger partial charge in [-0.15, -0.1) is 6.58 Å². The molecule has 0 aromatic rings. The van der Waals surface area contributed by atoms with Gasteiger partial charge in [-0.05, 0) is 42.9 Å². The Labute approximate surface area is 162 Å². The van der Waals surface area contributed by atoms with Crippen LogP contribution < -0.4 is 5.73 Å². The summed E-state index contributed by atoms with van der Waals surface area (Å²) in [5.41, 5.74) is 4.24. The summed E-state index contributed by atoms with van der Waals surface area (Å²) in [6.07, 6.45) is 4.40. The van der Waals surface area contributed by atoms with Gasteiger partial charge in [-0.3, -0.25) is 9.59 Å². The van der Waals surface area contributed by atoms with Gasteiger partial charge < -0.3 is 15.6 Å². The molecule has 0 aromatic heterocycles. The summed E-state index contributed by atoms with van der Waals surface area (Å²) in [4.78, 5) is 25.3. The van der Waals surface area contributed by atoms with Crippen molar-refractivity contribution in [2.45, 2.75) is 72.0 Å². The van der Waals surface area contributed by atoms with Crippen LogP contribution in [-0.2, 0) is 14.3 Å². The van der Waals surface area contributed by atoms with E-state index in [-0.39, 0.29) is 35.5 Å². The van der Waals surface area contributed by atoms with E-state index in [0.29, 0.717) is 12.8 Å². The van der Waals surface area contributed by atoms with E-state index in [4.69, 9.17) is 10.5 Å². The number of ether oxygens (including phenoxy) is 1. The first-order valence-electron chi connectivity index (χ1n) is 10.3. The molecule has 3 N–H and O–H groups in total. The van der Waals surface area contributed by atoms with Crippen LogP contribution >= 0.6 is 0 Å². The number of ketones is 1.